The Labute approximate surface area is 123 Å². The van der Waals surface area contributed by atoms with E-state index in [2.05, 4.69) is 4.98 Å². The van der Waals surface area contributed by atoms with Gasteiger partial charge in [0.2, 0.25) is 0 Å². The van der Waals surface area contributed by atoms with Crippen LogP contribution in [-0.4, -0.2) is 22.2 Å². The largest absolute Gasteiger partial charge is 0.489 e. The van der Waals surface area contributed by atoms with E-state index >= 15 is 0 Å². The average Bonchev–Trinajstić information content (AvgIpc) is 2.81. The normalized spacial score (nSPS) is 11.0. The van der Waals surface area contributed by atoms with Crippen molar-refractivity contribution >= 4 is 45.7 Å². The van der Waals surface area contributed by atoms with Gasteiger partial charge in [0.25, 0.3) is 0 Å². The second kappa shape index (κ2) is 5.14. The lowest BCUT2D eigenvalue weighted by atomic mass is 9.77. The van der Waals surface area contributed by atoms with Gasteiger partial charge in [0.15, 0.2) is 0 Å². The quantitative estimate of drug-likeness (QED) is 0.715. The molecule has 0 atom stereocenters. The van der Waals surface area contributed by atoms with Gasteiger partial charge in [-0.15, -0.1) is 11.3 Å². The minimum atomic E-state index is -1.75. The SMILES string of the molecule is OB(O)c1cc(F)ccc1-c1nc2ccc(Cl)cc2s1. The first-order valence-electron chi connectivity index (χ1n) is 5.76. The van der Waals surface area contributed by atoms with Crippen molar-refractivity contribution in [1.29, 1.82) is 0 Å². The Bertz CT molecular complexity index is 793. The topological polar surface area (TPSA) is 53.4 Å². The molecule has 20 heavy (non-hydrogen) atoms. The Morgan fingerprint density at radius 2 is 1.95 bits per heavy atom. The minimum Gasteiger partial charge on any atom is -0.423 e. The van der Waals surface area contributed by atoms with Crippen LogP contribution in [0.5, 0.6) is 0 Å². The van der Waals surface area contributed by atoms with E-state index in [0.29, 0.717) is 15.6 Å². The lowest BCUT2D eigenvalue weighted by molar-refractivity contribution is 0.425. The standard InChI is InChI=1S/C13H8BClFNO2S/c15-7-1-4-11-12(5-7)20-13(17-11)9-3-2-8(16)6-10(9)14(18)19/h1-6,18-19H. The van der Waals surface area contributed by atoms with Crippen LogP contribution in [0.15, 0.2) is 36.4 Å². The number of nitrogens with zero attached hydrogens (tertiary/aromatic N) is 1. The summed E-state index contributed by atoms with van der Waals surface area (Å²) in [7, 11) is -1.75. The maximum absolute atomic E-state index is 13.2. The van der Waals surface area contributed by atoms with Gasteiger partial charge in [0.1, 0.15) is 10.8 Å². The van der Waals surface area contributed by atoms with Gasteiger partial charge in [-0.1, -0.05) is 11.6 Å². The van der Waals surface area contributed by atoms with Crippen LogP contribution in [0.25, 0.3) is 20.8 Å². The summed E-state index contributed by atoms with van der Waals surface area (Å²) in [6.07, 6.45) is 0. The van der Waals surface area contributed by atoms with Crippen molar-refractivity contribution in [1.82, 2.24) is 4.98 Å². The fourth-order valence-electron chi connectivity index (χ4n) is 1.96. The molecular weight excluding hydrogens is 299 g/mol. The molecule has 0 unspecified atom stereocenters. The second-order valence-electron chi connectivity index (χ2n) is 4.24. The summed E-state index contributed by atoms with van der Waals surface area (Å²) in [5.74, 6) is -0.527. The number of aromatic nitrogens is 1. The third-order valence-electron chi connectivity index (χ3n) is 2.87. The molecule has 0 aliphatic heterocycles. The predicted octanol–water partition coefficient (Wildman–Crippen LogP) is 2.44. The van der Waals surface area contributed by atoms with Crippen molar-refractivity contribution in [2.45, 2.75) is 0 Å². The Balaban J connectivity index is 2.20. The highest BCUT2D eigenvalue weighted by Crippen LogP contribution is 2.31. The number of hydrogen-bond acceptors (Lipinski definition) is 4. The molecule has 0 aliphatic rings. The molecule has 1 aromatic heterocycles. The van der Waals surface area contributed by atoms with Crippen molar-refractivity contribution in [3.8, 4) is 10.6 Å². The van der Waals surface area contributed by atoms with Gasteiger partial charge in [-0.05, 0) is 41.9 Å². The van der Waals surface area contributed by atoms with E-state index in [1.807, 2.05) is 0 Å². The molecule has 1 heterocycles. The molecule has 0 fully saturated rings. The van der Waals surface area contributed by atoms with Crippen molar-refractivity contribution < 1.29 is 14.4 Å². The molecule has 3 rings (SSSR count). The first kappa shape index (κ1) is 13.5. The highest BCUT2D eigenvalue weighted by molar-refractivity contribution is 7.21. The molecule has 0 bridgehead atoms. The lowest BCUT2D eigenvalue weighted by Gasteiger charge is -2.05. The van der Waals surface area contributed by atoms with E-state index in [1.165, 1.54) is 23.5 Å². The van der Waals surface area contributed by atoms with Crippen molar-refractivity contribution in [3.63, 3.8) is 0 Å². The molecule has 0 saturated heterocycles. The first-order chi connectivity index (χ1) is 9.54. The Kier molecular flexibility index (Phi) is 3.47. The number of halogens is 2. The van der Waals surface area contributed by atoms with Gasteiger partial charge in [-0.25, -0.2) is 9.37 Å². The van der Waals surface area contributed by atoms with Crippen molar-refractivity contribution in [2.24, 2.45) is 0 Å². The molecule has 0 aliphatic carbocycles. The molecule has 3 nitrogen and oxygen atoms in total. The second-order valence-corrected chi connectivity index (χ2v) is 5.70. The summed E-state index contributed by atoms with van der Waals surface area (Å²) < 4.78 is 14.1. The maximum Gasteiger partial charge on any atom is 0.489 e. The molecule has 2 N–H and O–H groups in total. The molecule has 100 valence electrons. The molecule has 7 heteroatoms. The van der Waals surface area contributed by atoms with Crippen LogP contribution in [0, 0.1) is 5.82 Å². The number of thiazole rings is 1. The van der Waals surface area contributed by atoms with E-state index in [0.717, 1.165) is 16.3 Å². The number of hydrogen-bond donors (Lipinski definition) is 2. The molecule has 3 aromatic rings. The molecule has 2 aromatic carbocycles. The van der Waals surface area contributed by atoms with Crippen LogP contribution in [0.1, 0.15) is 0 Å². The van der Waals surface area contributed by atoms with Gasteiger partial charge in [-0.3, -0.25) is 0 Å². The summed E-state index contributed by atoms with van der Waals surface area (Å²) in [5.41, 5.74) is 1.35. The zero-order valence-corrected chi connectivity index (χ0v) is 11.6. The number of rotatable bonds is 2. The summed E-state index contributed by atoms with van der Waals surface area (Å²) in [4.78, 5) is 4.41. The van der Waals surface area contributed by atoms with E-state index in [1.54, 1.807) is 18.2 Å². The zero-order valence-electron chi connectivity index (χ0n) is 10.0. The van der Waals surface area contributed by atoms with Crippen LogP contribution < -0.4 is 5.46 Å². The highest BCUT2D eigenvalue weighted by Gasteiger charge is 2.20. The Morgan fingerprint density at radius 1 is 1.15 bits per heavy atom. The highest BCUT2D eigenvalue weighted by atomic mass is 35.5. The van der Waals surface area contributed by atoms with Gasteiger partial charge < -0.3 is 10.0 Å². The zero-order chi connectivity index (χ0) is 14.3. The third-order valence-corrected chi connectivity index (χ3v) is 4.16. The van der Waals surface area contributed by atoms with Crippen molar-refractivity contribution in [3.05, 3.63) is 47.2 Å². The summed E-state index contributed by atoms with van der Waals surface area (Å²) in [6.45, 7) is 0. The van der Waals surface area contributed by atoms with Crippen LogP contribution in [0.2, 0.25) is 5.02 Å². The fraction of sp³-hybridized carbons (Fsp3) is 0. The third kappa shape index (κ3) is 2.43. The smallest absolute Gasteiger partial charge is 0.423 e. The Hall–Kier alpha value is -1.47. The van der Waals surface area contributed by atoms with Gasteiger partial charge in [0.05, 0.1) is 10.2 Å². The summed E-state index contributed by atoms with van der Waals surface area (Å²) in [6, 6.07) is 9.16. The maximum atomic E-state index is 13.2. The number of fused-ring (bicyclic) bond motifs is 1. The predicted molar refractivity (Wildman–Crippen MR) is 79.8 cm³/mol. The lowest BCUT2D eigenvalue weighted by Crippen LogP contribution is -2.31. The first-order valence-corrected chi connectivity index (χ1v) is 6.96. The summed E-state index contributed by atoms with van der Waals surface area (Å²) in [5, 5.41) is 19.9. The van der Waals surface area contributed by atoms with Gasteiger partial charge in [0, 0.05) is 10.6 Å². The van der Waals surface area contributed by atoms with Crippen molar-refractivity contribution in [2.75, 3.05) is 0 Å². The minimum absolute atomic E-state index is 0.0927. The molecular formula is C13H8BClFNO2S. The van der Waals surface area contributed by atoms with Crippen LogP contribution in [0.4, 0.5) is 4.39 Å². The molecule has 0 spiro atoms. The Morgan fingerprint density at radius 3 is 2.70 bits per heavy atom. The molecule has 0 saturated carbocycles. The van der Waals surface area contributed by atoms with E-state index in [-0.39, 0.29) is 5.46 Å². The molecule has 0 amide bonds. The summed E-state index contributed by atoms with van der Waals surface area (Å²) >= 11 is 7.29. The van der Waals surface area contributed by atoms with Crippen LogP contribution in [-0.2, 0) is 0 Å². The van der Waals surface area contributed by atoms with E-state index in [4.69, 9.17) is 11.6 Å². The van der Waals surface area contributed by atoms with Crippen LogP contribution >= 0.6 is 22.9 Å². The molecule has 0 radical (unpaired) electrons. The fourth-order valence-corrected chi connectivity index (χ4v) is 3.24. The van der Waals surface area contributed by atoms with E-state index < -0.39 is 12.9 Å². The van der Waals surface area contributed by atoms with Gasteiger partial charge in [-0.2, -0.15) is 0 Å². The van der Waals surface area contributed by atoms with Crippen LogP contribution in [0.3, 0.4) is 0 Å². The average molecular weight is 308 g/mol. The monoisotopic (exact) mass is 307 g/mol. The van der Waals surface area contributed by atoms with E-state index in [9.17, 15) is 14.4 Å². The van der Waals surface area contributed by atoms with Gasteiger partial charge >= 0.3 is 7.12 Å². The number of benzene rings is 2.